The van der Waals surface area contributed by atoms with Crippen molar-refractivity contribution in [1.82, 2.24) is 33.9 Å². The molecule has 0 spiro atoms. The van der Waals surface area contributed by atoms with E-state index in [2.05, 4.69) is 59.0 Å². The van der Waals surface area contributed by atoms with Gasteiger partial charge in [0.05, 0.1) is 47.6 Å². The van der Waals surface area contributed by atoms with Crippen LogP contribution in [-0.4, -0.2) is 34.5 Å². The summed E-state index contributed by atoms with van der Waals surface area (Å²) in [5, 5.41) is 7.40. The van der Waals surface area contributed by atoms with E-state index in [4.69, 9.17) is 0 Å². The monoisotopic (exact) mass is 503 g/mol. The van der Waals surface area contributed by atoms with Gasteiger partial charge in [-0.2, -0.15) is 5.10 Å². The first-order valence-electron chi connectivity index (χ1n) is 11.0. The number of nitrogens with zero attached hydrogens (tertiary/aromatic N) is 6. The van der Waals surface area contributed by atoms with Crippen molar-refractivity contribution in [3.63, 3.8) is 0 Å². The van der Waals surface area contributed by atoms with Crippen molar-refractivity contribution < 1.29 is 4.79 Å². The maximum absolute atomic E-state index is 12.8. The summed E-state index contributed by atoms with van der Waals surface area (Å²) in [5.74, 6) is 0.519. The second-order valence-electron chi connectivity index (χ2n) is 8.62. The largest absolute Gasteiger partial charge is 0.344 e. The molecule has 1 unspecified atom stereocenters. The lowest BCUT2D eigenvalue weighted by Gasteiger charge is -2.11. The Morgan fingerprint density at radius 1 is 1.21 bits per heavy atom. The summed E-state index contributed by atoms with van der Waals surface area (Å²) in [6, 6.07) is 7.93. The molecule has 166 valence electrons. The third-order valence-corrected chi connectivity index (χ3v) is 6.57. The summed E-state index contributed by atoms with van der Waals surface area (Å²) in [7, 11) is 0. The summed E-state index contributed by atoms with van der Waals surface area (Å²) in [4.78, 5) is 22.0. The molecular formula is C24H22BrN7O. The van der Waals surface area contributed by atoms with Crippen LogP contribution in [-0.2, 0) is 6.54 Å². The number of hydrogen-bond donors (Lipinski definition) is 1. The van der Waals surface area contributed by atoms with E-state index in [-0.39, 0.29) is 11.9 Å². The quantitative estimate of drug-likeness (QED) is 0.373. The van der Waals surface area contributed by atoms with Crippen LogP contribution in [0.3, 0.4) is 0 Å². The van der Waals surface area contributed by atoms with Crippen LogP contribution in [0.1, 0.15) is 59.0 Å². The predicted molar refractivity (Wildman–Crippen MR) is 127 cm³/mol. The minimum absolute atomic E-state index is 0.186. The van der Waals surface area contributed by atoms with E-state index in [0.717, 1.165) is 27.0 Å². The van der Waals surface area contributed by atoms with Gasteiger partial charge in [0.15, 0.2) is 0 Å². The van der Waals surface area contributed by atoms with Gasteiger partial charge in [0.25, 0.3) is 5.91 Å². The molecule has 1 N–H and O–H groups in total. The fourth-order valence-electron chi connectivity index (χ4n) is 4.19. The van der Waals surface area contributed by atoms with Gasteiger partial charge in [-0.1, -0.05) is 22.0 Å². The van der Waals surface area contributed by atoms with Crippen LogP contribution in [0.25, 0.3) is 11.2 Å². The number of aromatic nitrogens is 6. The number of hydrogen-bond acceptors (Lipinski definition) is 4. The molecule has 1 aliphatic rings. The average molecular weight is 504 g/mol. The van der Waals surface area contributed by atoms with Gasteiger partial charge in [0.2, 0.25) is 0 Å². The molecule has 0 saturated heterocycles. The number of amides is 1. The van der Waals surface area contributed by atoms with Crippen molar-refractivity contribution in [3.8, 4) is 0 Å². The summed E-state index contributed by atoms with van der Waals surface area (Å²) >= 11 is 3.50. The zero-order valence-electron chi connectivity index (χ0n) is 18.0. The van der Waals surface area contributed by atoms with Crippen molar-refractivity contribution in [2.24, 2.45) is 0 Å². The van der Waals surface area contributed by atoms with E-state index in [9.17, 15) is 4.79 Å². The first kappa shape index (κ1) is 20.2. The molecule has 1 atom stereocenters. The molecule has 5 aromatic rings. The topological polar surface area (TPSA) is 81.5 Å². The maximum Gasteiger partial charge on any atom is 0.254 e. The number of halogens is 1. The third-order valence-electron chi connectivity index (χ3n) is 6.08. The van der Waals surface area contributed by atoms with Crippen LogP contribution in [0.2, 0.25) is 0 Å². The molecule has 8 nitrogen and oxygen atoms in total. The molecule has 5 heterocycles. The zero-order chi connectivity index (χ0) is 22.5. The fourth-order valence-corrected chi connectivity index (χ4v) is 4.53. The highest BCUT2D eigenvalue weighted by Gasteiger charge is 2.24. The van der Waals surface area contributed by atoms with Crippen LogP contribution in [0.15, 0.2) is 66.0 Å². The molecule has 1 amide bonds. The van der Waals surface area contributed by atoms with Crippen molar-refractivity contribution in [3.05, 3.63) is 88.6 Å². The molecule has 0 aliphatic heterocycles. The molecule has 1 aliphatic carbocycles. The smallest absolute Gasteiger partial charge is 0.254 e. The number of carbonyl (C=O) groups excluding carboxylic acids is 1. The minimum atomic E-state index is -0.251. The third kappa shape index (κ3) is 3.93. The van der Waals surface area contributed by atoms with Crippen LogP contribution >= 0.6 is 15.9 Å². The van der Waals surface area contributed by atoms with Crippen molar-refractivity contribution in [2.75, 3.05) is 0 Å². The lowest BCUT2D eigenvalue weighted by molar-refractivity contribution is 0.0939. The average Bonchev–Trinajstić information content (AvgIpc) is 3.21. The summed E-state index contributed by atoms with van der Waals surface area (Å²) < 4.78 is 6.72. The Morgan fingerprint density at radius 3 is 2.94 bits per heavy atom. The summed E-state index contributed by atoms with van der Waals surface area (Å²) in [6.07, 6.45) is 13.8. The van der Waals surface area contributed by atoms with Gasteiger partial charge in [0, 0.05) is 29.3 Å². The Hall–Kier alpha value is -3.46. The Kier molecular flexibility index (Phi) is 4.79. The van der Waals surface area contributed by atoms with Crippen molar-refractivity contribution in [1.29, 1.82) is 0 Å². The number of imidazole rings is 2. The standard InChI is InChI=1S/C24H22BrN7O/c1-15(23-21-8-19(25)6-7-30(21)14-26-23)28-24(33)18-9-27-32(11-18)13-20-12-31-10-17(16-2-3-16)4-5-22(31)29-20/h4-12,14-16H,2-3,13H2,1H3,(H,28,33). The molecule has 0 aromatic carbocycles. The van der Waals surface area contributed by atoms with Gasteiger partial charge in [-0.15, -0.1) is 0 Å². The highest BCUT2D eigenvalue weighted by Crippen LogP contribution is 2.39. The lowest BCUT2D eigenvalue weighted by atomic mass is 10.2. The molecule has 9 heteroatoms. The van der Waals surface area contributed by atoms with E-state index >= 15 is 0 Å². The van der Waals surface area contributed by atoms with Gasteiger partial charge in [-0.05, 0) is 49.4 Å². The predicted octanol–water partition coefficient (Wildman–Crippen LogP) is 4.36. The Labute approximate surface area is 198 Å². The fraction of sp³-hybridized carbons (Fsp3) is 0.250. The number of carbonyl (C=O) groups is 1. The number of pyridine rings is 2. The Bertz CT molecular complexity index is 1490. The van der Waals surface area contributed by atoms with E-state index in [1.807, 2.05) is 35.9 Å². The normalized spacial score (nSPS) is 14.7. The number of rotatable bonds is 6. The number of fused-ring (bicyclic) bond motifs is 2. The summed E-state index contributed by atoms with van der Waals surface area (Å²) in [6.45, 7) is 2.43. The SMILES string of the molecule is CC(NC(=O)c1cnn(Cc2cn3cc(C4CC4)ccc3n2)c1)c1ncn2ccc(Br)cc12. The molecule has 5 aromatic heterocycles. The van der Waals surface area contributed by atoms with Gasteiger partial charge in [-0.3, -0.25) is 9.48 Å². The molecule has 1 saturated carbocycles. The highest BCUT2D eigenvalue weighted by molar-refractivity contribution is 9.10. The zero-order valence-corrected chi connectivity index (χ0v) is 19.6. The van der Waals surface area contributed by atoms with Crippen LogP contribution < -0.4 is 5.32 Å². The molecule has 0 bridgehead atoms. The van der Waals surface area contributed by atoms with Crippen molar-refractivity contribution >= 4 is 33.0 Å². The van der Waals surface area contributed by atoms with E-state index in [1.165, 1.54) is 18.4 Å². The first-order chi connectivity index (χ1) is 16.0. The molecule has 6 rings (SSSR count). The Morgan fingerprint density at radius 2 is 2.09 bits per heavy atom. The highest BCUT2D eigenvalue weighted by atomic mass is 79.9. The minimum Gasteiger partial charge on any atom is -0.344 e. The van der Waals surface area contributed by atoms with E-state index in [0.29, 0.717) is 18.0 Å². The summed E-state index contributed by atoms with van der Waals surface area (Å²) in [5.41, 5.74) is 5.47. The van der Waals surface area contributed by atoms with Gasteiger partial charge in [0.1, 0.15) is 5.65 Å². The molecule has 33 heavy (non-hydrogen) atoms. The van der Waals surface area contributed by atoms with Gasteiger partial charge >= 0.3 is 0 Å². The second-order valence-corrected chi connectivity index (χ2v) is 9.54. The van der Waals surface area contributed by atoms with E-state index in [1.54, 1.807) is 23.4 Å². The molecular weight excluding hydrogens is 482 g/mol. The molecule has 0 radical (unpaired) electrons. The lowest BCUT2D eigenvalue weighted by Crippen LogP contribution is -2.26. The van der Waals surface area contributed by atoms with Gasteiger partial charge < -0.3 is 14.1 Å². The van der Waals surface area contributed by atoms with E-state index < -0.39 is 0 Å². The maximum atomic E-state index is 12.8. The van der Waals surface area contributed by atoms with Crippen LogP contribution in [0.5, 0.6) is 0 Å². The van der Waals surface area contributed by atoms with Crippen LogP contribution in [0.4, 0.5) is 0 Å². The van der Waals surface area contributed by atoms with Crippen LogP contribution in [0, 0.1) is 0 Å². The first-order valence-corrected chi connectivity index (χ1v) is 11.8. The second kappa shape index (κ2) is 7.84. The van der Waals surface area contributed by atoms with Crippen molar-refractivity contribution in [2.45, 2.75) is 38.3 Å². The molecule has 1 fully saturated rings. The Balaban J connectivity index is 1.16. The van der Waals surface area contributed by atoms with Gasteiger partial charge in [-0.25, -0.2) is 9.97 Å². The number of nitrogens with one attached hydrogen (secondary N) is 1.